The van der Waals surface area contributed by atoms with Crippen molar-refractivity contribution in [1.29, 1.82) is 0 Å². The zero-order valence-corrected chi connectivity index (χ0v) is 18.0. The van der Waals surface area contributed by atoms with Crippen molar-refractivity contribution in [2.75, 3.05) is 5.32 Å². The average molecular weight is 411 g/mol. The van der Waals surface area contributed by atoms with Crippen LogP contribution in [0.4, 0.5) is 5.69 Å². The molecule has 1 aliphatic rings. The van der Waals surface area contributed by atoms with Crippen LogP contribution < -0.4 is 15.4 Å². The minimum Gasteiger partial charge on any atom is -0.491 e. The van der Waals surface area contributed by atoms with Gasteiger partial charge in [-0.15, -0.1) is 0 Å². The maximum absolute atomic E-state index is 12.4. The highest BCUT2D eigenvalue weighted by molar-refractivity contribution is 6.39. The summed E-state index contributed by atoms with van der Waals surface area (Å²) in [7, 11) is 0. The lowest BCUT2D eigenvalue weighted by Gasteiger charge is -2.23. The van der Waals surface area contributed by atoms with E-state index in [9.17, 15) is 9.59 Å². The largest absolute Gasteiger partial charge is 0.491 e. The lowest BCUT2D eigenvalue weighted by Crippen LogP contribution is -2.41. The van der Waals surface area contributed by atoms with Crippen molar-refractivity contribution >= 4 is 23.6 Å². The van der Waals surface area contributed by atoms with Crippen LogP contribution in [0.25, 0.3) is 6.08 Å². The Morgan fingerprint density at radius 1 is 1.07 bits per heavy atom. The third-order valence-electron chi connectivity index (χ3n) is 4.22. The van der Waals surface area contributed by atoms with E-state index < -0.39 is 11.8 Å². The first-order valence-corrected chi connectivity index (χ1v) is 9.99. The molecule has 2 N–H and O–H groups in total. The smallest absolute Gasteiger partial charge is 0.313 e. The third kappa shape index (κ3) is 6.37. The van der Waals surface area contributed by atoms with Gasteiger partial charge in [-0.3, -0.25) is 9.59 Å². The Bertz CT molecular complexity index is 881. The quantitative estimate of drug-likeness (QED) is 0.624. The molecule has 30 heavy (non-hydrogen) atoms. The van der Waals surface area contributed by atoms with Crippen LogP contribution in [0.1, 0.15) is 39.7 Å². The Balaban J connectivity index is 2.00. The Morgan fingerprint density at radius 3 is 2.37 bits per heavy atom. The third-order valence-corrected chi connectivity index (χ3v) is 4.22. The maximum atomic E-state index is 12.4. The summed E-state index contributed by atoms with van der Waals surface area (Å²) in [5.41, 5.74) is 2.10. The summed E-state index contributed by atoms with van der Waals surface area (Å²) in [5.74, 6) is -0.0678. The first-order chi connectivity index (χ1) is 14.2. The monoisotopic (exact) mass is 410 g/mol. The maximum Gasteiger partial charge on any atom is 0.313 e. The molecule has 0 saturated heterocycles. The van der Waals surface area contributed by atoms with Gasteiger partial charge in [0.25, 0.3) is 0 Å². The molecule has 1 aliphatic carbocycles. The van der Waals surface area contributed by atoms with E-state index in [0.717, 1.165) is 16.9 Å². The SMILES string of the molecule is C=CC1=C(OC(C)C)C=CC(NC(=O)C(=O)Nc2ccc(OC(C)C)c(C=C)c2)C1. The van der Waals surface area contributed by atoms with Crippen molar-refractivity contribution in [3.05, 3.63) is 66.5 Å². The molecule has 6 heteroatoms. The second kappa shape index (κ2) is 10.5. The zero-order chi connectivity index (χ0) is 22.3. The van der Waals surface area contributed by atoms with Gasteiger partial charge in [0.05, 0.1) is 18.2 Å². The fraction of sp³-hybridized carbons (Fsp3) is 0.333. The van der Waals surface area contributed by atoms with E-state index >= 15 is 0 Å². The minimum absolute atomic E-state index is 0.0134. The van der Waals surface area contributed by atoms with Gasteiger partial charge in [0.1, 0.15) is 11.5 Å². The van der Waals surface area contributed by atoms with Crippen LogP contribution in [0, 0.1) is 0 Å². The van der Waals surface area contributed by atoms with Crippen LogP contribution in [0.5, 0.6) is 5.75 Å². The van der Waals surface area contributed by atoms with E-state index in [1.54, 1.807) is 36.4 Å². The van der Waals surface area contributed by atoms with E-state index in [1.807, 2.05) is 33.8 Å². The highest BCUT2D eigenvalue weighted by Crippen LogP contribution is 2.25. The number of nitrogens with one attached hydrogen (secondary N) is 2. The molecule has 160 valence electrons. The first kappa shape index (κ1) is 23.0. The molecule has 0 heterocycles. The number of benzene rings is 1. The van der Waals surface area contributed by atoms with Gasteiger partial charge in [-0.25, -0.2) is 0 Å². The van der Waals surface area contributed by atoms with Gasteiger partial charge >= 0.3 is 11.8 Å². The molecule has 2 amide bonds. The molecule has 1 unspecified atom stereocenters. The summed E-state index contributed by atoms with van der Waals surface area (Å²) in [6, 6.07) is 4.82. The second-order valence-corrected chi connectivity index (χ2v) is 7.48. The number of carbonyl (C=O) groups is 2. The number of hydrogen-bond acceptors (Lipinski definition) is 4. The molecule has 1 aromatic rings. The van der Waals surface area contributed by atoms with Crippen LogP contribution in [0.2, 0.25) is 0 Å². The van der Waals surface area contributed by atoms with Gasteiger partial charge < -0.3 is 20.1 Å². The molecule has 0 bridgehead atoms. The van der Waals surface area contributed by atoms with Crippen molar-refractivity contribution in [2.45, 2.75) is 52.4 Å². The molecular weight excluding hydrogens is 380 g/mol. The standard InChI is InChI=1S/C24H30N2O4/c1-7-17-13-19(9-11-21(17)29-15(3)4)25-23(27)24(28)26-20-10-12-22(30-16(5)6)18(8-2)14-20/h7-13,15-16,20H,1-2,14H2,3-6H3,(H,25,27)(H,26,28). The molecule has 0 spiro atoms. The zero-order valence-electron chi connectivity index (χ0n) is 18.0. The molecule has 2 rings (SSSR count). The minimum atomic E-state index is -0.746. The van der Waals surface area contributed by atoms with Gasteiger partial charge in [0.15, 0.2) is 0 Å². The molecular formula is C24H30N2O4. The summed E-state index contributed by atoms with van der Waals surface area (Å²) < 4.78 is 11.4. The Hall–Kier alpha value is -3.28. The molecule has 0 fully saturated rings. The van der Waals surface area contributed by atoms with Gasteiger partial charge in [-0.1, -0.05) is 31.4 Å². The summed E-state index contributed by atoms with van der Waals surface area (Å²) in [6.45, 7) is 15.3. The van der Waals surface area contributed by atoms with Crippen molar-refractivity contribution in [1.82, 2.24) is 5.32 Å². The van der Waals surface area contributed by atoms with Crippen LogP contribution >= 0.6 is 0 Å². The molecule has 1 atom stereocenters. The number of anilines is 1. The highest BCUT2D eigenvalue weighted by atomic mass is 16.5. The topological polar surface area (TPSA) is 76.7 Å². The Labute approximate surface area is 178 Å². The molecule has 0 aliphatic heterocycles. The van der Waals surface area contributed by atoms with Gasteiger partial charge in [0, 0.05) is 11.3 Å². The summed E-state index contributed by atoms with van der Waals surface area (Å²) in [6.07, 6.45) is 7.51. The number of hydrogen-bond donors (Lipinski definition) is 2. The van der Waals surface area contributed by atoms with Crippen LogP contribution in [0.3, 0.4) is 0 Å². The number of ether oxygens (including phenoxy) is 2. The fourth-order valence-electron chi connectivity index (χ4n) is 2.94. The Kier molecular flexibility index (Phi) is 8.04. The van der Waals surface area contributed by atoms with E-state index in [2.05, 4.69) is 23.8 Å². The molecule has 6 nitrogen and oxygen atoms in total. The first-order valence-electron chi connectivity index (χ1n) is 9.99. The molecule has 1 aromatic carbocycles. The van der Waals surface area contributed by atoms with Crippen molar-refractivity contribution in [2.24, 2.45) is 0 Å². The van der Waals surface area contributed by atoms with Gasteiger partial charge in [-0.2, -0.15) is 0 Å². The molecule has 0 radical (unpaired) electrons. The second-order valence-electron chi connectivity index (χ2n) is 7.48. The highest BCUT2D eigenvalue weighted by Gasteiger charge is 2.22. The number of allylic oxidation sites excluding steroid dienone is 2. The van der Waals surface area contributed by atoms with Crippen molar-refractivity contribution in [3.8, 4) is 5.75 Å². The van der Waals surface area contributed by atoms with Crippen molar-refractivity contribution < 1.29 is 19.1 Å². The van der Waals surface area contributed by atoms with Crippen LogP contribution in [-0.4, -0.2) is 30.1 Å². The number of rotatable bonds is 8. The predicted octanol–water partition coefficient (Wildman–Crippen LogP) is 4.37. The van der Waals surface area contributed by atoms with Crippen molar-refractivity contribution in [3.63, 3.8) is 0 Å². The van der Waals surface area contributed by atoms with Crippen LogP contribution in [-0.2, 0) is 14.3 Å². The normalized spacial score (nSPS) is 15.7. The van der Waals surface area contributed by atoms with Gasteiger partial charge in [-0.05, 0) is 64.0 Å². The number of carbonyl (C=O) groups excluding carboxylic acids is 2. The van der Waals surface area contributed by atoms with E-state index in [-0.39, 0.29) is 18.2 Å². The lowest BCUT2D eigenvalue weighted by atomic mass is 9.99. The molecule has 0 aromatic heterocycles. The lowest BCUT2D eigenvalue weighted by molar-refractivity contribution is -0.136. The molecule has 0 saturated carbocycles. The predicted molar refractivity (Wildman–Crippen MR) is 120 cm³/mol. The average Bonchev–Trinajstić information content (AvgIpc) is 2.69. The van der Waals surface area contributed by atoms with Crippen LogP contribution in [0.15, 0.2) is 60.9 Å². The van der Waals surface area contributed by atoms with E-state index in [1.165, 1.54) is 0 Å². The fourth-order valence-corrected chi connectivity index (χ4v) is 2.94. The van der Waals surface area contributed by atoms with Gasteiger partial charge in [0.2, 0.25) is 0 Å². The summed E-state index contributed by atoms with van der Waals surface area (Å²) in [4.78, 5) is 24.7. The van der Waals surface area contributed by atoms with E-state index in [0.29, 0.717) is 17.9 Å². The summed E-state index contributed by atoms with van der Waals surface area (Å²) in [5, 5.41) is 5.33. The van der Waals surface area contributed by atoms with E-state index in [4.69, 9.17) is 9.47 Å². The Morgan fingerprint density at radius 2 is 1.77 bits per heavy atom. The number of amides is 2. The summed E-state index contributed by atoms with van der Waals surface area (Å²) >= 11 is 0.